The van der Waals surface area contributed by atoms with Gasteiger partial charge in [-0.15, -0.1) is 0 Å². The van der Waals surface area contributed by atoms with Gasteiger partial charge in [0.1, 0.15) is 0 Å². The van der Waals surface area contributed by atoms with Crippen molar-refractivity contribution < 1.29 is 5.11 Å². The van der Waals surface area contributed by atoms with Crippen LogP contribution in [-0.2, 0) is 0 Å². The maximum Gasteiger partial charge on any atom is 0.0964 e. The van der Waals surface area contributed by atoms with Crippen molar-refractivity contribution in [2.75, 3.05) is 18.5 Å². The minimum Gasteiger partial charge on any atom is -0.387 e. The van der Waals surface area contributed by atoms with Crippen molar-refractivity contribution in [1.82, 2.24) is 0 Å². The van der Waals surface area contributed by atoms with E-state index in [1.165, 1.54) is 22.4 Å². The Morgan fingerprint density at radius 3 is 2.15 bits per heavy atom. The molecule has 106 valence electrons. The molecule has 0 aromatic heterocycles. The number of nitrogens with zero attached hydrogens (tertiary/aromatic N) is 1. The Morgan fingerprint density at radius 1 is 0.950 bits per heavy atom. The first kappa shape index (κ1) is 14.6. The van der Waals surface area contributed by atoms with Gasteiger partial charge in [0.25, 0.3) is 0 Å². The topological polar surface area (TPSA) is 23.5 Å². The zero-order valence-electron chi connectivity index (χ0n) is 12.7. The van der Waals surface area contributed by atoms with E-state index in [1.54, 1.807) is 0 Å². The normalized spacial score (nSPS) is 12.2. The second-order valence-corrected chi connectivity index (χ2v) is 5.60. The van der Waals surface area contributed by atoms with Gasteiger partial charge in [-0.2, -0.15) is 0 Å². The quantitative estimate of drug-likeness (QED) is 0.913. The van der Waals surface area contributed by atoms with E-state index in [-0.39, 0.29) is 0 Å². The highest BCUT2D eigenvalue weighted by atomic mass is 16.3. The number of aryl methyl sites for hydroxylation is 3. The third kappa shape index (κ3) is 3.40. The molecule has 1 unspecified atom stereocenters. The van der Waals surface area contributed by atoms with Gasteiger partial charge in [0.15, 0.2) is 0 Å². The summed E-state index contributed by atoms with van der Waals surface area (Å²) in [6, 6.07) is 14.5. The first-order valence-corrected chi connectivity index (χ1v) is 7.00. The van der Waals surface area contributed by atoms with Gasteiger partial charge in [0.05, 0.1) is 6.10 Å². The lowest BCUT2D eigenvalue weighted by Gasteiger charge is -2.25. The van der Waals surface area contributed by atoms with Crippen LogP contribution >= 0.6 is 0 Å². The molecule has 1 N–H and O–H groups in total. The molecule has 0 spiro atoms. The van der Waals surface area contributed by atoms with Crippen molar-refractivity contribution >= 4 is 5.69 Å². The van der Waals surface area contributed by atoms with Gasteiger partial charge in [-0.25, -0.2) is 0 Å². The van der Waals surface area contributed by atoms with E-state index in [0.717, 1.165) is 5.56 Å². The van der Waals surface area contributed by atoms with Crippen molar-refractivity contribution in [1.29, 1.82) is 0 Å². The second kappa shape index (κ2) is 6.10. The molecule has 0 saturated carbocycles. The van der Waals surface area contributed by atoms with Crippen molar-refractivity contribution in [3.05, 3.63) is 64.7 Å². The molecular weight excluding hydrogens is 246 g/mol. The first-order chi connectivity index (χ1) is 9.47. The number of likely N-dealkylation sites (N-methyl/N-ethyl adjacent to an activating group) is 1. The summed E-state index contributed by atoms with van der Waals surface area (Å²) < 4.78 is 0. The lowest BCUT2D eigenvalue weighted by Crippen LogP contribution is -2.24. The van der Waals surface area contributed by atoms with E-state index in [1.807, 2.05) is 31.3 Å². The lowest BCUT2D eigenvalue weighted by atomic mass is 10.1. The third-order valence-corrected chi connectivity index (χ3v) is 3.67. The fraction of sp³-hybridized carbons (Fsp3) is 0.333. The van der Waals surface area contributed by atoms with Crippen molar-refractivity contribution in [2.45, 2.75) is 26.9 Å². The van der Waals surface area contributed by atoms with E-state index in [0.29, 0.717) is 6.54 Å². The largest absolute Gasteiger partial charge is 0.387 e. The first-order valence-electron chi connectivity index (χ1n) is 7.00. The molecular formula is C18H23NO. The van der Waals surface area contributed by atoms with Crippen LogP contribution in [0.4, 0.5) is 5.69 Å². The summed E-state index contributed by atoms with van der Waals surface area (Å²) in [6.07, 6.45) is -0.471. The SMILES string of the molecule is Cc1ccc(C(O)CN(C)c2ccc(C)cc2C)cc1. The number of hydrogen-bond acceptors (Lipinski definition) is 2. The Morgan fingerprint density at radius 2 is 1.55 bits per heavy atom. The average molecular weight is 269 g/mol. The number of aliphatic hydroxyl groups is 1. The van der Waals surface area contributed by atoms with E-state index in [2.05, 4.69) is 43.9 Å². The van der Waals surface area contributed by atoms with Gasteiger partial charge in [-0.05, 0) is 38.0 Å². The maximum atomic E-state index is 10.3. The highest BCUT2D eigenvalue weighted by Gasteiger charge is 2.12. The van der Waals surface area contributed by atoms with Crippen molar-refractivity contribution in [3.8, 4) is 0 Å². The van der Waals surface area contributed by atoms with E-state index in [9.17, 15) is 5.11 Å². The molecule has 0 radical (unpaired) electrons. The van der Waals surface area contributed by atoms with E-state index in [4.69, 9.17) is 0 Å². The number of anilines is 1. The maximum absolute atomic E-state index is 10.3. The third-order valence-electron chi connectivity index (χ3n) is 3.67. The average Bonchev–Trinajstić information content (AvgIpc) is 2.39. The van der Waals surface area contributed by atoms with Crippen LogP contribution in [0.2, 0.25) is 0 Å². The van der Waals surface area contributed by atoms with Crippen LogP contribution < -0.4 is 4.90 Å². The van der Waals surface area contributed by atoms with Gasteiger partial charge >= 0.3 is 0 Å². The molecule has 2 aromatic rings. The minimum atomic E-state index is -0.471. The summed E-state index contributed by atoms with van der Waals surface area (Å²) >= 11 is 0. The number of rotatable bonds is 4. The molecule has 2 rings (SSSR count). The lowest BCUT2D eigenvalue weighted by molar-refractivity contribution is 0.185. The highest BCUT2D eigenvalue weighted by molar-refractivity contribution is 5.54. The molecule has 0 fully saturated rings. The van der Waals surface area contributed by atoms with E-state index < -0.39 is 6.10 Å². The molecule has 1 atom stereocenters. The summed E-state index contributed by atoms with van der Waals surface area (Å²) in [5, 5.41) is 10.3. The highest BCUT2D eigenvalue weighted by Crippen LogP contribution is 2.23. The van der Waals surface area contributed by atoms with Crippen LogP contribution in [0, 0.1) is 20.8 Å². The summed E-state index contributed by atoms with van der Waals surface area (Å²) in [5.74, 6) is 0. The van der Waals surface area contributed by atoms with Crippen LogP contribution in [0.3, 0.4) is 0 Å². The second-order valence-electron chi connectivity index (χ2n) is 5.60. The molecule has 0 aliphatic carbocycles. The molecule has 0 aliphatic heterocycles. The molecule has 2 aromatic carbocycles. The molecule has 0 amide bonds. The zero-order valence-corrected chi connectivity index (χ0v) is 12.7. The molecule has 2 nitrogen and oxygen atoms in total. The Bertz CT molecular complexity index is 574. The van der Waals surface area contributed by atoms with Gasteiger partial charge < -0.3 is 10.0 Å². The fourth-order valence-corrected chi connectivity index (χ4v) is 2.49. The van der Waals surface area contributed by atoms with Crippen molar-refractivity contribution in [2.24, 2.45) is 0 Å². The van der Waals surface area contributed by atoms with E-state index >= 15 is 0 Å². The summed E-state index contributed by atoms with van der Waals surface area (Å²) in [4.78, 5) is 2.11. The van der Waals surface area contributed by atoms with Crippen LogP contribution in [0.15, 0.2) is 42.5 Å². The summed E-state index contributed by atoms with van der Waals surface area (Å²) in [6.45, 7) is 6.85. The van der Waals surface area contributed by atoms with Crippen LogP contribution in [0.1, 0.15) is 28.4 Å². The van der Waals surface area contributed by atoms with Crippen LogP contribution in [0.5, 0.6) is 0 Å². The Labute approximate surface area is 121 Å². The molecule has 2 heteroatoms. The smallest absolute Gasteiger partial charge is 0.0964 e. The molecule has 0 bridgehead atoms. The molecule has 20 heavy (non-hydrogen) atoms. The van der Waals surface area contributed by atoms with Gasteiger partial charge in [0, 0.05) is 19.3 Å². The standard InChI is InChI=1S/C18H23NO/c1-13-5-8-16(9-6-13)18(20)12-19(4)17-10-7-14(2)11-15(17)3/h5-11,18,20H,12H2,1-4H3. The summed E-state index contributed by atoms with van der Waals surface area (Å²) in [5.41, 5.74) is 5.85. The molecule has 0 saturated heterocycles. The zero-order chi connectivity index (χ0) is 14.7. The van der Waals surface area contributed by atoms with Crippen LogP contribution in [-0.4, -0.2) is 18.7 Å². The van der Waals surface area contributed by atoms with Gasteiger partial charge in [0.2, 0.25) is 0 Å². The Hall–Kier alpha value is -1.80. The summed E-state index contributed by atoms with van der Waals surface area (Å²) in [7, 11) is 2.02. The minimum absolute atomic E-state index is 0.471. The Kier molecular flexibility index (Phi) is 4.46. The monoisotopic (exact) mass is 269 g/mol. The van der Waals surface area contributed by atoms with Gasteiger partial charge in [-0.3, -0.25) is 0 Å². The molecule has 0 aliphatic rings. The predicted octanol–water partition coefficient (Wildman–Crippen LogP) is 3.78. The number of aliphatic hydroxyl groups excluding tert-OH is 1. The Balaban J connectivity index is 2.10. The molecule has 0 heterocycles. The van der Waals surface area contributed by atoms with Crippen LogP contribution in [0.25, 0.3) is 0 Å². The number of hydrogen-bond donors (Lipinski definition) is 1. The van der Waals surface area contributed by atoms with Gasteiger partial charge in [-0.1, -0.05) is 47.5 Å². The fourth-order valence-electron chi connectivity index (χ4n) is 2.49. The van der Waals surface area contributed by atoms with Crippen molar-refractivity contribution in [3.63, 3.8) is 0 Å². The number of benzene rings is 2. The predicted molar refractivity (Wildman–Crippen MR) is 85.3 cm³/mol.